The predicted octanol–water partition coefficient (Wildman–Crippen LogP) is 4.07. The zero-order chi connectivity index (χ0) is 18.0. The van der Waals surface area contributed by atoms with E-state index in [1.54, 1.807) is 6.07 Å². The topological polar surface area (TPSA) is 75.6 Å². The lowest BCUT2D eigenvalue weighted by atomic mass is 9.96. The molecule has 1 unspecified atom stereocenters. The lowest BCUT2D eigenvalue weighted by Crippen LogP contribution is -2.14. The monoisotopic (exact) mass is 359 g/mol. The van der Waals surface area contributed by atoms with Gasteiger partial charge in [-0.2, -0.15) is 0 Å². The summed E-state index contributed by atoms with van der Waals surface area (Å²) < 4.78 is 5.41. The molecule has 132 valence electrons. The van der Waals surface area contributed by atoms with Crippen LogP contribution in [0.5, 0.6) is 0 Å². The molecular formula is C19H21NO4S. The van der Waals surface area contributed by atoms with E-state index in [4.69, 9.17) is 4.74 Å². The van der Waals surface area contributed by atoms with Gasteiger partial charge in [-0.3, -0.25) is 4.79 Å². The van der Waals surface area contributed by atoms with E-state index in [2.05, 4.69) is 5.32 Å². The first-order chi connectivity index (χ1) is 12.0. The number of carbonyl (C=O) groups is 2. The normalized spacial score (nSPS) is 16.8. The molecule has 1 atom stereocenters. The average Bonchev–Trinajstić information content (AvgIpc) is 3.22. The second kappa shape index (κ2) is 7.37. The van der Waals surface area contributed by atoms with Crippen LogP contribution in [-0.2, 0) is 11.2 Å². The highest BCUT2D eigenvalue weighted by atomic mass is 32.1. The minimum absolute atomic E-state index is 0.207. The number of aryl methyl sites for hydroxylation is 1. The molecule has 2 N–H and O–H groups in total. The standard InChI is InChI=1S/C19H21NO4S/c1-3-15-11(2)25-18(16(15)19(22)23)20-17(21)13-6-4-5-12(9-13)14-7-8-24-10-14/h4-6,9,14H,3,7-8,10H2,1-2H3,(H,20,21)(H,22,23). The second-order valence-corrected chi connectivity index (χ2v) is 7.36. The maximum Gasteiger partial charge on any atom is 0.339 e. The van der Waals surface area contributed by atoms with Crippen molar-refractivity contribution in [1.29, 1.82) is 0 Å². The molecule has 6 heteroatoms. The number of hydrogen-bond acceptors (Lipinski definition) is 4. The van der Waals surface area contributed by atoms with Crippen molar-refractivity contribution in [2.24, 2.45) is 0 Å². The van der Waals surface area contributed by atoms with Crippen LogP contribution in [0.1, 0.15) is 56.0 Å². The number of hydrogen-bond donors (Lipinski definition) is 2. The molecule has 0 saturated carbocycles. The van der Waals surface area contributed by atoms with Crippen LogP contribution in [0.15, 0.2) is 24.3 Å². The molecule has 1 fully saturated rings. The summed E-state index contributed by atoms with van der Waals surface area (Å²) in [5, 5.41) is 12.7. The van der Waals surface area contributed by atoms with E-state index >= 15 is 0 Å². The summed E-state index contributed by atoms with van der Waals surface area (Å²) >= 11 is 1.31. The first kappa shape index (κ1) is 17.6. The number of thiophene rings is 1. The third-order valence-electron chi connectivity index (χ3n) is 4.55. The highest BCUT2D eigenvalue weighted by Gasteiger charge is 2.23. The van der Waals surface area contributed by atoms with Gasteiger partial charge in [-0.1, -0.05) is 19.1 Å². The van der Waals surface area contributed by atoms with Gasteiger partial charge >= 0.3 is 5.97 Å². The van der Waals surface area contributed by atoms with Crippen molar-refractivity contribution in [3.8, 4) is 0 Å². The number of anilines is 1. The van der Waals surface area contributed by atoms with E-state index in [1.807, 2.05) is 32.0 Å². The van der Waals surface area contributed by atoms with Gasteiger partial charge < -0.3 is 15.2 Å². The van der Waals surface area contributed by atoms with Crippen molar-refractivity contribution in [1.82, 2.24) is 0 Å². The zero-order valence-corrected chi connectivity index (χ0v) is 15.1. The molecule has 1 aromatic heterocycles. The van der Waals surface area contributed by atoms with Crippen molar-refractivity contribution < 1.29 is 19.4 Å². The maximum atomic E-state index is 12.6. The second-order valence-electron chi connectivity index (χ2n) is 6.14. The highest BCUT2D eigenvalue weighted by molar-refractivity contribution is 7.16. The predicted molar refractivity (Wildman–Crippen MR) is 98.0 cm³/mol. The van der Waals surface area contributed by atoms with Crippen LogP contribution in [-0.4, -0.2) is 30.2 Å². The Bertz CT molecular complexity index is 806. The largest absolute Gasteiger partial charge is 0.478 e. The SMILES string of the molecule is CCc1c(C)sc(NC(=O)c2cccc(C3CCOC3)c2)c1C(=O)O. The molecule has 3 rings (SSSR count). The van der Waals surface area contributed by atoms with Crippen LogP contribution >= 0.6 is 11.3 Å². The molecule has 0 aliphatic carbocycles. The third kappa shape index (κ3) is 3.60. The number of aromatic carboxylic acids is 1. The third-order valence-corrected chi connectivity index (χ3v) is 5.62. The van der Waals surface area contributed by atoms with E-state index in [-0.39, 0.29) is 11.5 Å². The summed E-state index contributed by atoms with van der Waals surface area (Å²) in [6.45, 7) is 5.22. The van der Waals surface area contributed by atoms with Gasteiger partial charge in [-0.15, -0.1) is 11.3 Å². The Morgan fingerprint density at radius 1 is 1.40 bits per heavy atom. The van der Waals surface area contributed by atoms with Gasteiger partial charge in [0.1, 0.15) is 5.00 Å². The van der Waals surface area contributed by atoms with E-state index in [9.17, 15) is 14.7 Å². The number of carboxylic acid groups (broad SMARTS) is 1. The summed E-state index contributed by atoms with van der Waals surface area (Å²) in [5.41, 5.74) is 2.61. The fraction of sp³-hybridized carbons (Fsp3) is 0.368. The van der Waals surface area contributed by atoms with Gasteiger partial charge in [0, 0.05) is 23.0 Å². The Morgan fingerprint density at radius 3 is 2.84 bits per heavy atom. The average molecular weight is 359 g/mol. The first-order valence-corrected chi connectivity index (χ1v) is 9.17. The quantitative estimate of drug-likeness (QED) is 0.844. The molecule has 1 aromatic carbocycles. The summed E-state index contributed by atoms with van der Waals surface area (Å²) in [5.74, 6) is -0.974. The molecule has 2 aromatic rings. The van der Waals surface area contributed by atoms with E-state index in [1.165, 1.54) is 11.3 Å². The molecule has 0 spiro atoms. The number of carbonyl (C=O) groups excluding carboxylic acids is 1. The van der Waals surface area contributed by atoms with Crippen molar-refractivity contribution in [3.63, 3.8) is 0 Å². The Kier molecular flexibility index (Phi) is 5.20. The molecule has 1 saturated heterocycles. The van der Waals surface area contributed by atoms with Crippen molar-refractivity contribution in [3.05, 3.63) is 51.4 Å². The molecule has 1 aliphatic rings. The van der Waals surface area contributed by atoms with E-state index < -0.39 is 5.97 Å². The summed E-state index contributed by atoms with van der Waals surface area (Å²) in [4.78, 5) is 25.2. The molecule has 25 heavy (non-hydrogen) atoms. The van der Waals surface area contributed by atoms with Crippen LogP contribution in [0.3, 0.4) is 0 Å². The van der Waals surface area contributed by atoms with Gasteiger partial charge in [-0.05, 0) is 43.0 Å². The van der Waals surface area contributed by atoms with E-state index in [0.717, 1.165) is 29.0 Å². The van der Waals surface area contributed by atoms with Crippen LogP contribution in [0.25, 0.3) is 0 Å². The number of carboxylic acids is 1. The fourth-order valence-electron chi connectivity index (χ4n) is 3.23. The van der Waals surface area contributed by atoms with Gasteiger partial charge in [0.05, 0.1) is 12.2 Å². The Morgan fingerprint density at radius 2 is 2.20 bits per heavy atom. The number of amides is 1. The molecule has 0 radical (unpaired) electrons. The van der Waals surface area contributed by atoms with Crippen LogP contribution in [0, 0.1) is 6.92 Å². The summed E-state index contributed by atoms with van der Waals surface area (Å²) in [6, 6.07) is 7.48. The molecule has 1 aliphatic heterocycles. The summed E-state index contributed by atoms with van der Waals surface area (Å²) in [7, 11) is 0. The Labute approximate surface area is 150 Å². The summed E-state index contributed by atoms with van der Waals surface area (Å²) in [6.07, 6.45) is 1.58. The van der Waals surface area contributed by atoms with Gasteiger partial charge in [0.15, 0.2) is 0 Å². The van der Waals surface area contributed by atoms with Gasteiger partial charge in [-0.25, -0.2) is 4.79 Å². The molecule has 2 heterocycles. The fourth-order valence-corrected chi connectivity index (χ4v) is 4.36. The first-order valence-electron chi connectivity index (χ1n) is 8.35. The number of benzene rings is 1. The smallest absolute Gasteiger partial charge is 0.339 e. The van der Waals surface area contributed by atoms with Crippen molar-refractivity contribution >= 4 is 28.2 Å². The van der Waals surface area contributed by atoms with Crippen LogP contribution in [0.2, 0.25) is 0 Å². The zero-order valence-electron chi connectivity index (χ0n) is 14.3. The number of ether oxygens (including phenoxy) is 1. The molecule has 1 amide bonds. The lowest BCUT2D eigenvalue weighted by molar-refractivity contribution is 0.0697. The minimum atomic E-state index is -1.01. The van der Waals surface area contributed by atoms with Gasteiger partial charge in [0.2, 0.25) is 0 Å². The van der Waals surface area contributed by atoms with Crippen LogP contribution < -0.4 is 5.32 Å². The molecule has 5 nitrogen and oxygen atoms in total. The maximum absolute atomic E-state index is 12.6. The number of rotatable bonds is 5. The molecule has 0 bridgehead atoms. The Hall–Kier alpha value is -2.18. The molecular weight excluding hydrogens is 338 g/mol. The van der Waals surface area contributed by atoms with E-state index in [0.29, 0.717) is 29.5 Å². The van der Waals surface area contributed by atoms with Crippen molar-refractivity contribution in [2.45, 2.75) is 32.6 Å². The lowest BCUT2D eigenvalue weighted by Gasteiger charge is -2.10. The van der Waals surface area contributed by atoms with Crippen LogP contribution in [0.4, 0.5) is 5.00 Å². The Balaban J connectivity index is 1.85. The highest BCUT2D eigenvalue weighted by Crippen LogP contribution is 2.34. The van der Waals surface area contributed by atoms with Gasteiger partial charge in [0.25, 0.3) is 5.91 Å². The van der Waals surface area contributed by atoms with Crippen molar-refractivity contribution in [2.75, 3.05) is 18.5 Å². The number of nitrogens with one attached hydrogen (secondary N) is 1. The minimum Gasteiger partial charge on any atom is -0.478 e.